The number of hydrogen-bond acceptors (Lipinski definition) is 3. The molecule has 1 aliphatic heterocycles. The average Bonchev–Trinajstić information content (AvgIpc) is 2.86. The fourth-order valence-corrected chi connectivity index (χ4v) is 2.90. The van der Waals surface area contributed by atoms with E-state index in [4.69, 9.17) is 5.11 Å². The lowest BCUT2D eigenvalue weighted by Gasteiger charge is -2.22. The van der Waals surface area contributed by atoms with Gasteiger partial charge in [-0.2, -0.15) is 0 Å². The molecule has 1 aromatic rings. The number of halogens is 1. The van der Waals surface area contributed by atoms with Crippen molar-refractivity contribution in [2.45, 2.75) is 23.8 Å². The van der Waals surface area contributed by atoms with Gasteiger partial charge in [0.25, 0.3) is 0 Å². The molecule has 18 heavy (non-hydrogen) atoms. The van der Waals surface area contributed by atoms with Crippen molar-refractivity contribution in [1.82, 2.24) is 4.90 Å². The predicted molar refractivity (Wildman–Crippen MR) is 68.9 cm³/mol. The van der Waals surface area contributed by atoms with Crippen LogP contribution in [0.4, 0.5) is 4.39 Å². The highest BCUT2D eigenvalue weighted by atomic mass is 32.2. The molecule has 98 valence electrons. The molecule has 2 rings (SSSR count). The van der Waals surface area contributed by atoms with Gasteiger partial charge in [-0.1, -0.05) is 0 Å². The summed E-state index contributed by atoms with van der Waals surface area (Å²) in [4.78, 5) is 14.6. The van der Waals surface area contributed by atoms with Crippen LogP contribution < -0.4 is 0 Å². The maximum absolute atomic E-state index is 12.7. The Morgan fingerprint density at radius 2 is 2.17 bits per heavy atom. The standard InChI is InChI=1S/C13H16FNO2S/c14-10-3-5-12(6-4-10)18-9-13(17)15-7-1-2-11(15)8-16/h3-6,11,16H,1-2,7-9H2. The molecule has 3 nitrogen and oxygen atoms in total. The lowest BCUT2D eigenvalue weighted by Crippen LogP contribution is -2.38. The molecular formula is C13H16FNO2S. The zero-order valence-corrected chi connectivity index (χ0v) is 10.8. The first-order chi connectivity index (χ1) is 8.70. The molecule has 1 aliphatic rings. The zero-order valence-electron chi connectivity index (χ0n) is 10.0. The molecule has 1 N–H and O–H groups in total. The summed E-state index contributed by atoms with van der Waals surface area (Å²) >= 11 is 1.40. The monoisotopic (exact) mass is 269 g/mol. The van der Waals surface area contributed by atoms with Crippen molar-refractivity contribution in [2.75, 3.05) is 18.9 Å². The van der Waals surface area contributed by atoms with Crippen LogP contribution in [0.3, 0.4) is 0 Å². The number of hydrogen-bond donors (Lipinski definition) is 1. The number of likely N-dealkylation sites (tertiary alicyclic amines) is 1. The predicted octanol–water partition coefficient (Wildman–Crippen LogP) is 1.90. The summed E-state index contributed by atoms with van der Waals surface area (Å²) in [6, 6.07) is 6.09. The fourth-order valence-electron chi connectivity index (χ4n) is 2.11. The number of carbonyl (C=O) groups is 1. The van der Waals surface area contributed by atoms with Crippen LogP contribution in [0.2, 0.25) is 0 Å². The van der Waals surface area contributed by atoms with Gasteiger partial charge in [-0.25, -0.2) is 4.39 Å². The van der Waals surface area contributed by atoms with E-state index in [0.717, 1.165) is 24.3 Å². The number of aliphatic hydroxyl groups is 1. The Balaban J connectivity index is 1.86. The van der Waals surface area contributed by atoms with Crippen LogP contribution in [0, 0.1) is 5.82 Å². The Labute approximate surface area is 110 Å². The second-order valence-electron chi connectivity index (χ2n) is 4.31. The third-order valence-electron chi connectivity index (χ3n) is 3.08. The van der Waals surface area contributed by atoms with Crippen molar-refractivity contribution in [3.8, 4) is 0 Å². The molecule has 1 unspecified atom stereocenters. The topological polar surface area (TPSA) is 40.5 Å². The highest BCUT2D eigenvalue weighted by Crippen LogP contribution is 2.22. The number of carbonyl (C=O) groups excluding carboxylic acids is 1. The van der Waals surface area contributed by atoms with Crippen molar-refractivity contribution in [2.24, 2.45) is 0 Å². The smallest absolute Gasteiger partial charge is 0.233 e. The third kappa shape index (κ3) is 3.23. The van der Waals surface area contributed by atoms with E-state index in [1.54, 1.807) is 17.0 Å². The molecular weight excluding hydrogens is 253 g/mol. The number of aliphatic hydroxyl groups excluding tert-OH is 1. The van der Waals surface area contributed by atoms with Crippen LogP contribution in [0.5, 0.6) is 0 Å². The molecule has 1 saturated heterocycles. The molecule has 0 aromatic heterocycles. The molecule has 1 heterocycles. The van der Waals surface area contributed by atoms with Crippen molar-refractivity contribution >= 4 is 17.7 Å². The Bertz CT molecular complexity index is 410. The van der Waals surface area contributed by atoms with Gasteiger partial charge >= 0.3 is 0 Å². The average molecular weight is 269 g/mol. The molecule has 5 heteroatoms. The molecule has 1 amide bonds. The van der Waals surface area contributed by atoms with Crippen molar-refractivity contribution < 1.29 is 14.3 Å². The number of rotatable bonds is 4. The normalized spacial score (nSPS) is 19.2. The van der Waals surface area contributed by atoms with Gasteiger partial charge in [0.15, 0.2) is 0 Å². The van der Waals surface area contributed by atoms with Crippen LogP contribution in [0.15, 0.2) is 29.2 Å². The summed E-state index contributed by atoms with van der Waals surface area (Å²) in [5.41, 5.74) is 0. The van der Waals surface area contributed by atoms with E-state index in [0.29, 0.717) is 5.75 Å². The summed E-state index contributed by atoms with van der Waals surface area (Å²) < 4.78 is 12.7. The lowest BCUT2D eigenvalue weighted by atomic mass is 10.2. The SMILES string of the molecule is O=C(CSc1ccc(F)cc1)N1CCCC1CO. The van der Waals surface area contributed by atoms with E-state index in [1.807, 2.05) is 0 Å². The molecule has 0 bridgehead atoms. The van der Waals surface area contributed by atoms with Crippen LogP contribution >= 0.6 is 11.8 Å². The summed E-state index contributed by atoms with van der Waals surface area (Å²) in [5, 5.41) is 9.16. The Morgan fingerprint density at radius 3 is 2.83 bits per heavy atom. The second-order valence-corrected chi connectivity index (χ2v) is 5.36. The first kappa shape index (κ1) is 13.4. The number of thioether (sulfide) groups is 1. The fraction of sp³-hybridized carbons (Fsp3) is 0.462. The van der Waals surface area contributed by atoms with E-state index in [9.17, 15) is 9.18 Å². The van der Waals surface area contributed by atoms with Crippen molar-refractivity contribution in [1.29, 1.82) is 0 Å². The summed E-state index contributed by atoms with van der Waals surface area (Å²) in [5.74, 6) is 0.105. The van der Waals surface area contributed by atoms with Crippen molar-refractivity contribution in [3.05, 3.63) is 30.1 Å². The van der Waals surface area contributed by atoms with Gasteiger partial charge in [-0.3, -0.25) is 4.79 Å². The molecule has 0 aliphatic carbocycles. The van der Waals surface area contributed by atoms with Gasteiger partial charge in [-0.15, -0.1) is 11.8 Å². The van der Waals surface area contributed by atoms with E-state index >= 15 is 0 Å². The molecule has 0 saturated carbocycles. The van der Waals surface area contributed by atoms with Crippen molar-refractivity contribution in [3.63, 3.8) is 0 Å². The Hall–Kier alpha value is -1.07. The molecule has 1 aromatic carbocycles. The van der Waals surface area contributed by atoms with Crippen LogP contribution in [-0.4, -0.2) is 40.9 Å². The maximum Gasteiger partial charge on any atom is 0.233 e. The minimum Gasteiger partial charge on any atom is -0.394 e. The minimum atomic E-state index is -0.273. The number of benzene rings is 1. The Kier molecular flexibility index (Phi) is 4.60. The maximum atomic E-state index is 12.7. The largest absolute Gasteiger partial charge is 0.394 e. The summed E-state index contributed by atoms with van der Waals surface area (Å²) in [6.45, 7) is 0.765. The van der Waals surface area contributed by atoms with Gasteiger partial charge in [0.1, 0.15) is 5.82 Å². The lowest BCUT2D eigenvalue weighted by molar-refractivity contribution is -0.129. The van der Waals surface area contributed by atoms with Crippen LogP contribution in [0.1, 0.15) is 12.8 Å². The van der Waals surface area contributed by atoms with E-state index in [-0.39, 0.29) is 24.4 Å². The highest BCUT2D eigenvalue weighted by molar-refractivity contribution is 8.00. The molecule has 1 atom stereocenters. The minimum absolute atomic E-state index is 0.0219. The third-order valence-corrected chi connectivity index (χ3v) is 4.08. The molecule has 0 spiro atoms. The number of nitrogens with zero attached hydrogens (tertiary/aromatic N) is 1. The van der Waals surface area contributed by atoms with E-state index in [1.165, 1.54) is 23.9 Å². The van der Waals surface area contributed by atoms with E-state index < -0.39 is 0 Å². The quantitative estimate of drug-likeness (QED) is 0.849. The van der Waals surface area contributed by atoms with Gasteiger partial charge in [0.05, 0.1) is 18.4 Å². The zero-order chi connectivity index (χ0) is 13.0. The first-order valence-corrected chi connectivity index (χ1v) is 6.98. The summed E-state index contributed by atoms with van der Waals surface area (Å²) in [6.07, 6.45) is 1.83. The van der Waals surface area contributed by atoms with Gasteiger partial charge in [-0.05, 0) is 37.1 Å². The number of amides is 1. The molecule has 0 radical (unpaired) electrons. The van der Waals surface area contributed by atoms with E-state index in [2.05, 4.69) is 0 Å². The summed E-state index contributed by atoms with van der Waals surface area (Å²) in [7, 11) is 0. The van der Waals surface area contributed by atoms with Gasteiger partial charge in [0.2, 0.25) is 5.91 Å². The van der Waals surface area contributed by atoms with Gasteiger partial charge < -0.3 is 10.0 Å². The van der Waals surface area contributed by atoms with Crippen LogP contribution in [0.25, 0.3) is 0 Å². The first-order valence-electron chi connectivity index (χ1n) is 5.99. The van der Waals surface area contributed by atoms with Gasteiger partial charge in [0, 0.05) is 11.4 Å². The Morgan fingerprint density at radius 1 is 1.44 bits per heavy atom. The van der Waals surface area contributed by atoms with Crippen LogP contribution in [-0.2, 0) is 4.79 Å². The molecule has 1 fully saturated rings. The second kappa shape index (κ2) is 6.20. The highest BCUT2D eigenvalue weighted by Gasteiger charge is 2.27.